The maximum Gasteiger partial charge on any atom is 0.127 e. The van der Waals surface area contributed by atoms with Gasteiger partial charge in [-0.3, -0.25) is 0 Å². The van der Waals surface area contributed by atoms with E-state index < -0.39 is 0 Å². The van der Waals surface area contributed by atoms with Crippen LogP contribution in [0.4, 0.5) is 4.39 Å². The Bertz CT molecular complexity index is 356. The standard InChI is InChI=1S/C12H16FNO/c1-12(2)6-11(12)14-7-8-3-9(13)5-10(15)4-8/h3-5,11,14-15H,6-7H2,1-2H3. The first-order valence-corrected chi connectivity index (χ1v) is 5.19. The first-order valence-electron chi connectivity index (χ1n) is 5.19. The molecule has 15 heavy (non-hydrogen) atoms. The molecule has 1 aliphatic carbocycles. The van der Waals surface area contributed by atoms with Crippen LogP contribution in [0.3, 0.4) is 0 Å². The van der Waals surface area contributed by atoms with Gasteiger partial charge >= 0.3 is 0 Å². The number of rotatable bonds is 3. The van der Waals surface area contributed by atoms with Gasteiger partial charge in [0.25, 0.3) is 0 Å². The predicted molar refractivity (Wildman–Crippen MR) is 57.1 cm³/mol. The maximum absolute atomic E-state index is 12.9. The van der Waals surface area contributed by atoms with Crippen molar-refractivity contribution in [2.24, 2.45) is 5.41 Å². The van der Waals surface area contributed by atoms with Gasteiger partial charge in [-0.15, -0.1) is 0 Å². The highest BCUT2D eigenvalue weighted by molar-refractivity contribution is 5.28. The molecule has 2 N–H and O–H groups in total. The van der Waals surface area contributed by atoms with Gasteiger partial charge < -0.3 is 10.4 Å². The fraction of sp³-hybridized carbons (Fsp3) is 0.500. The SMILES string of the molecule is CC1(C)CC1NCc1cc(O)cc(F)c1. The Morgan fingerprint density at radius 2 is 2.13 bits per heavy atom. The molecule has 82 valence electrons. The second-order valence-electron chi connectivity index (χ2n) is 4.94. The Labute approximate surface area is 89.1 Å². The fourth-order valence-corrected chi connectivity index (χ4v) is 1.79. The molecule has 0 saturated heterocycles. The summed E-state index contributed by atoms with van der Waals surface area (Å²) in [5.41, 5.74) is 1.16. The summed E-state index contributed by atoms with van der Waals surface area (Å²) in [6, 6.07) is 4.67. The minimum absolute atomic E-state index is 0.0122. The first kappa shape index (κ1) is 10.4. The van der Waals surface area contributed by atoms with E-state index in [9.17, 15) is 9.50 Å². The summed E-state index contributed by atoms with van der Waals surface area (Å²) in [4.78, 5) is 0. The summed E-state index contributed by atoms with van der Waals surface area (Å²) >= 11 is 0. The average molecular weight is 209 g/mol. The number of halogens is 1. The lowest BCUT2D eigenvalue weighted by Gasteiger charge is -2.07. The second kappa shape index (κ2) is 3.49. The molecular formula is C12H16FNO. The molecular weight excluding hydrogens is 193 g/mol. The quantitative estimate of drug-likeness (QED) is 0.801. The molecule has 2 nitrogen and oxygen atoms in total. The molecule has 1 atom stereocenters. The van der Waals surface area contributed by atoms with Crippen LogP contribution in [0.2, 0.25) is 0 Å². The highest BCUT2D eigenvalue weighted by Crippen LogP contribution is 2.44. The number of hydrogen-bond acceptors (Lipinski definition) is 2. The Morgan fingerprint density at radius 3 is 2.67 bits per heavy atom. The summed E-state index contributed by atoms with van der Waals surface area (Å²) < 4.78 is 12.9. The lowest BCUT2D eigenvalue weighted by Crippen LogP contribution is -2.19. The molecule has 1 aliphatic rings. The number of benzene rings is 1. The third-order valence-corrected chi connectivity index (χ3v) is 3.01. The molecule has 0 radical (unpaired) electrons. The topological polar surface area (TPSA) is 32.3 Å². The van der Waals surface area contributed by atoms with Crippen LogP contribution in [0.5, 0.6) is 5.75 Å². The number of aromatic hydroxyl groups is 1. The van der Waals surface area contributed by atoms with Crippen molar-refractivity contribution in [3.8, 4) is 5.75 Å². The average Bonchev–Trinajstić information content (AvgIpc) is 2.69. The van der Waals surface area contributed by atoms with Crippen molar-refractivity contribution in [2.45, 2.75) is 32.9 Å². The van der Waals surface area contributed by atoms with E-state index in [1.807, 2.05) is 0 Å². The molecule has 0 heterocycles. The number of hydrogen-bond donors (Lipinski definition) is 2. The van der Waals surface area contributed by atoms with Crippen LogP contribution in [0.15, 0.2) is 18.2 Å². The van der Waals surface area contributed by atoms with Crippen molar-refractivity contribution < 1.29 is 9.50 Å². The van der Waals surface area contributed by atoms with E-state index in [1.165, 1.54) is 6.07 Å². The number of nitrogens with one attached hydrogen (secondary N) is 1. The molecule has 0 aromatic heterocycles. The lowest BCUT2D eigenvalue weighted by molar-refractivity contribution is 0.466. The summed E-state index contributed by atoms with van der Waals surface area (Å²) in [5.74, 6) is -0.399. The number of phenolic OH excluding ortho intramolecular Hbond substituents is 1. The minimum Gasteiger partial charge on any atom is -0.508 e. The van der Waals surface area contributed by atoms with Crippen molar-refractivity contribution in [2.75, 3.05) is 0 Å². The van der Waals surface area contributed by atoms with E-state index in [1.54, 1.807) is 6.07 Å². The van der Waals surface area contributed by atoms with Crippen LogP contribution < -0.4 is 5.32 Å². The Balaban J connectivity index is 1.94. The van der Waals surface area contributed by atoms with E-state index in [0.717, 1.165) is 18.1 Å². The van der Waals surface area contributed by atoms with Crippen molar-refractivity contribution in [3.05, 3.63) is 29.6 Å². The molecule has 1 unspecified atom stereocenters. The van der Waals surface area contributed by atoms with Crippen molar-refractivity contribution in [1.82, 2.24) is 5.32 Å². The van der Waals surface area contributed by atoms with Gasteiger partial charge in [-0.05, 0) is 29.5 Å². The lowest BCUT2D eigenvalue weighted by atomic mass is 10.1. The van der Waals surface area contributed by atoms with Crippen LogP contribution >= 0.6 is 0 Å². The van der Waals surface area contributed by atoms with E-state index in [-0.39, 0.29) is 11.6 Å². The Kier molecular flexibility index (Phi) is 2.43. The second-order valence-corrected chi connectivity index (χ2v) is 4.94. The highest BCUT2D eigenvalue weighted by Gasteiger charge is 2.44. The third kappa shape index (κ3) is 2.48. The van der Waals surface area contributed by atoms with Gasteiger partial charge in [-0.25, -0.2) is 4.39 Å². The summed E-state index contributed by atoms with van der Waals surface area (Å²) in [6.45, 7) is 5.01. The molecule has 1 aromatic carbocycles. The van der Waals surface area contributed by atoms with Crippen LogP contribution in [0.1, 0.15) is 25.8 Å². The predicted octanol–water partition coefficient (Wildman–Crippen LogP) is 2.42. The third-order valence-electron chi connectivity index (χ3n) is 3.01. The van der Waals surface area contributed by atoms with Crippen LogP contribution in [0.25, 0.3) is 0 Å². The van der Waals surface area contributed by atoms with Crippen molar-refractivity contribution in [3.63, 3.8) is 0 Å². The summed E-state index contributed by atoms with van der Waals surface area (Å²) in [7, 11) is 0. The molecule has 0 spiro atoms. The van der Waals surface area contributed by atoms with Crippen molar-refractivity contribution in [1.29, 1.82) is 0 Å². The molecule has 2 rings (SSSR count). The van der Waals surface area contributed by atoms with Crippen LogP contribution in [-0.2, 0) is 6.54 Å². The minimum atomic E-state index is -0.387. The molecule has 0 aliphatic heterocycles. The summed E-state index contributed by atoms with van der Waals surface area (Å²) in [5, 5.41) is 12.5. The van der Waals surface area contributed by atoms with Gasteiger partial charge in [0, 0.05) is 18.7 Å². The first-order chi connectivity index (χ1) is 6.97. The van der Waals surface area contributed by atoms with Gasteiger partial charge in [-0.2, -0.15) is 0 Å². The van der Waals surface area contributed by atoms with Crippen LogP contribution in [-0.4, -0.2) is 11.1 Å². The molecule has 1 saturated carbocycles. The van der Waals surface area contributed by atoms with Gasteiger partial charge in [0.1, 0.15) is 11.6 Å². The van der Waals surface area contributed by atoms with Gasteiger partial charge in [-0.1, -0.05) is 13.8 Å². The Morgan fingerprint density at radius 1 is 1.47 bits per heavy atom. The van der Waals surface area contributed by atoms with Gasteiger partial charge in [0.15, 0.2) is 0 Å². The highest BCUT2D eigenvalue weighted by atomic mass is 19.1. The molecule has 1 fully saturated rings. The monoisotopic (exact) mass is 209 g/mol. The fourth-order valence-electron chi connectivity index (χ4n) is 1.79. The smallest absolute Gasteiger partial charge is 0.127 e. The van der Waals surface area contributed by atoms with E-state index in [2.05, 4.69) is 19.2 Å². The van der Waals surface area contributed by atoms with Crippen LogP contribution in [0, 0.1) is 11.2 Å². The normalized spacial score (nSPS) is 22.7. The molecule has 0 amide bonds. The molecule has 3 heteroatoms. The van der Waals surface area contributed by atoms with E-state index in [0.29, 0.717) is 18.0 Å². The van der Waals surface area contributed by atoms with Crippen molar-refractivity contribution >= 4 is 0 Å². The summed E-state index contributed by atoms with van der Waals surface area (Å²) in [6.07, 6.45) is 1.16. The zero-order valence-electron chi connectivity index (χ0n) is 9.05. The molecule has 0 bridgehead atoms. The Hall–Kier alpha value is -1.09. The maximum atomic E-state index is 12.9. The zero-order valence-corrected chi connectivity index (χ0v) is 9.05. The molecule has 1 aromatic rings. The zero-order chi connectivity index (χ0) is 11.1. The van der Waals surface area contributed by atoms with Gasteiger partial charge in [0.05, 0.1) is 0 Å². The van der Waals surface area contributed by atoms with E-state index >= 15 is 0 Å². The van der Waals surface area contributed by atoms with Gasteiger partial charge in [0.2, 0.25) is 0 Å². The number of phenols is 1. The van der Waals surface area contributed by atoms with E-state index in [4.69, 9.17) is 0 Å². The largest absolute Gasteiger partial charge is 0.508 e.